The van der Waals surface area contributed by atoms with E-state index in [1.165, 1.54) is 6.26 Å². The number of nitrogens with zero attached hydrogens (tertiary/aromatic N) is 2. The van der Waals surface area contributed by atoms with E-state index in [-0.39, 0.29) is 41.7 Å². The summed E-state index contributed by atoms with van der Waals surface area (Å²) in [4.78, 5) is 18.4. The van der Waals surface area contributed by atoms with Gasteiger partial charge >= 0.3 is 0 Å². The van der Waals surface area contributed by atoms with Crippen molar-refractivity contribution in [2.24, 2.45) is 4.99 Å². The summed E-state index contributed by atoms with van der Waals surface area (Å²) in [6.45, 7) is 3.79. The van der Waals surface area contributed by atoms with Gasteiger partial charge in [-0.2, -0.15) is 0 Å². The number of benzene rings is 1. The number of carbonyl (C=O) groups is 1. The molecule has 0 bridgehead atoms. The molecule has 0 saturated carbocycles. The predicted molar refractivity (Wildman–Crippen MR) is 130 cm³/mol. The average Bonchev–Trinajstić information content (AvgIpc) is 2.62. The monoisotopic (exact) mass is 539 g/mol. The molecule has 166 valence electrons. The number of guanidine groups is 1. The van der Waals surface area contributed by atoms with Gasteiger partial charge in [0.2, 0.25) is 0 Å². The van der Waals surface area contributed by atoms with E-state index in [9.17, 15) is 13.2 Å². The lowest BCUT2D eigenvalue weighted by molar-refractivity contribution is 0.0951. The number of rotatable bonds is 10. The van der Waals surface area contributed by atoms with E-state index < -0.39 is 9.84 Å². The van der Waals surface area contributed by atoms with Crippen LogP contribution < -0.4 is 16.0 Å². The van der Waals surface area contributed by atoms with Crippen LogP contribution in [0, 0.1) is 0 Å². The molecule has 0 aliphatic carbocycles. The Morgan fingerprint density at radius 2 is 1.93 bits per heavy atom. The Balaban J connectivity index is 0.00000784. The molecule has 0 radical (unpaired) electrons. The van der Waals surface area contributed by atoms with E-state index in [0.29, 0.717) is 31.0 Å². The van der Waals surface area contributed by atoms with E-state index in [2.05, 4.69) is 20.9 Å². The van der Waals surface area contributed by atoms with Gasteiger partial charge in [-0.25, -0.2) is 8.42 Å². The molecule has 0 aliphatic rings. The van der Waals surface area contributed by atoms with Crippen LogP contribution in [0.2, 0.25) is 0 Å². The van der Waals surface area contributed by atoms with Crippen LogP contribution in [0.3, 0.4) is 0 Å². The molecule has 0 fully saturated rings. The van der Waals surface area contributed by atoms with E-state index in [1.54, 1.807) is 13.1 Å². The lowest BCUT2D eigenvalue weighted by Gasteiger charge is -2.18. The van der Waals surface area contributed by atoms with Gasteiger partial charge in [0.25, 0.3) is 5.91 Å². The molecular formula is C19H34IN5O3S. The average molecular weight is 539 g/mol. The predicted octanol–water partition coefficient (Wildman–Crippen LogP) is 1.08. The Morgan fingerprint density at radius 1 is 1.24 bits per heavy atom. The first-order valence-corrected chi connectivity index (χ1v) is 11.3. The van der Waals surface area contributed by atoms with Crippen molar-refractivity contribution in [2.45, 2.75) is 25.9 Å². The highest BCUT2D eigenvalue weighted by atomic mass is 127. The van der Waals surface area contributed by atoms with E-state index in [4.69, 9.17) is 0 Å². The number of halogens is 1. The zero-order chi connectivity index (χ0) is 21.2. The van der Waals surface area contributed by atoms with Crippen LogP contribution in [-0.4, -0.2) is 77.5 Å². The maximum atomic E-state index is 12.2. The highest BCUT2D eigenvalue weighted by molar-refractivity contribution is 14.0. The van der Waals surface area contributed by atoms with Crippen molar-refractivity contribution in [3.05, 3.63) is 35.4 Å². The molecule has 0 spiro atoms. The molecule has 0 saturated heterocycles. The van der Waals surface area contributed by atoms with Crippen LogP contribution in [0.4, 0.5) is 0 Å². The Labute approximate surface area is 191 Å². The van der Waals surface area contributed by atoms with E-state index >= 15 is 0 Å². The van der Waals surface area contributed by atoms with Gasteiger partial charge in [0, 0.05) is 44.5 Å². The summed E-state index contributed by atoms with van der Waals surface area (Å²) in [7, 11) is 2.60. The number of nitrogens with one attached hydrogen (secondary N) is 3. The minimum atomic E-state index is -2.98. The highest BCUT2D eigenvalue weighted by Gasteiger charge is 2.10. The van der Waals surface area contributed by atoms with E-state index in [1.807, 2.05) is 44.1 Å². The second kappa shape index (κ2) is 13.8. The summed E-state index contributed by atoms with van der Waals surface area (Å²) >= 11 is 0. The van der Waals surface area contributed by atoms with Gasteiger partial charge in [0.1, 0.15) is 9.84 Å². The van der Waals surface area contributed by atoms with Gasteiger partial charge in [-0.05, 0) is 45.1 Å². The van der Waals surface area contributed by atoms with Crippen LogP contribution in [0.1, 0.15) is 29.3 Å². The Morgan fingerprint density at radius 3 is 2.52 bits per heavy atom. The fourth-order valence-electron chi connectivity index (χ4n) is 2.39. The van der Waals surface area contributed by atoms with Crippen LogP contribution in [0.25, 0.3) is 0 Å². The van der Waals surface area contributed by atoms with Crippen molar-refractivity contribution >= 4 is 45.7 Å². The van der Waals surface area contributed by atoms with Crippen LogP contribution in [0.5, 0.6) is 0 Å². The molecule has 0 aliphatic heterocycles. The van der Waals surface area contributed by atoms with Gasteiger partial charge in [0.05, 0.1) is 5.75 Å². The van der Waals surface area contributed by atoms with E-state index in [0.717, 1.165) is 12.1 Å². The number of carbonyl (C=O) groups excluding carboxylic acids is 1. The quantitative estimate of drug-likeness (QED) is 0.234. The molecule has 1 unspecified atom stereocenters. The van der Waals surface area contributed by atoms with Gasteiger partial charge in [-0.1, -0.05) is 12.1 Å². The Hall–Kier alpha value is -1.40. The van der Waals surface area contributed by atoms with Gasteiger partial charge < -0.3 is 20.9 Å². The summed E-state index contributed by atoms with van der Waals surface area (Å²) in [6.07, 6.45) is 1.73. The largest absolute Gasteiger partial charge is 0.354 e. The standard InChI is InChI=1S/C19H33N5O3S.HI/c1-15(9-12-28(5,26)27)23-19(20-2)22-14-16-7-6-8-17(13-16)18(25)21-10-11-24(3)4;/h6-8,13,15H,9-12,14H2,1-5H3,(H,21,25)(H2,20,22,23);1H. The van der Waals surface area contributed by atoms with Crippen LogP contribution in [-0.2, 0) is 16.4 Å². The molecule has 1 rings (SSSR count). The number of amides is 1. The highest BCUT2D eigenvalue weighted by Crippen LogP contribution is 2.05. The normalized spacial score (nSPS) is 12.8. The first-order valence-electron chi connectivity index (χ1n) is 9.27. The molecule has 1 amide bonds. The van der Waals surface area contributed by atoms with Crippen LogP contribution >= 0.6 is 24.0 Å². The third-order valence-electron chi connectivity index (χ3n) is 4.02. The SMILES string of the molecule is CN=C(NCc1cccc(C(=O)NCCN(C)C)c1)NC(C)CCS(C)(=O)=O.I. The smallest absolute Gasteiger partial charge is 0.251 e. The van der Waals surface area contributed by atoms with Crippen LogP contribution in [0.15, 0.2) is 29.3 Å². The minimum absolute atomic E-state index is 0. The summed E-state index contributed by atoms with van der Waals surface area (Å²) in [5, 5.41) is 9.26. The van der Waals surface area contributed by atoms with Crippen molar-refractivity contribution in [2.75, 3.05) is 46.2 Å². The lowest BCUT2D eigenvalue weighted by Crippen LogP contribution is -2.42. The molecule has 0 heterocycles. The number of aliphatic imine (C=N–C) groups is 1. The third-order valence-corrected chi connectivity index (χ3v) is 5.00. The minimum Gasteiger partial charge on any atom is -0.354 e. The second-order valence-electron chi connectivity index (χ2n) is 7.15. The number of likely N-dealkylation sites (N-methyl/N-ethyl adjacent to an activating group) is 1. The molecule has 29 heavy (non-hydrogen) atoms. The molecule has 1 atom stereocenters. The van der Waals surface area contributed by atoms with Crippen molar-refractivity contribution < 1.29 is 13.2 Å². The van der Waals surface area contributed by atoms with Crippen molar-refractivity contribution in [3.63, 3.8) is 0 Å². The molecular weight excluding hydrogens is 505 g/mol. The summed E-state index contributed by atoms with van der Waals surface area (Å²) in [5.41, 5.74) is 1.56. The summed E-state index contributed by atoms with van der Waals surface area (Å²) in [5.74, 6) is 0.616. The molecule has 1 aromatic carbocycles. The molecule has 10 heteroatoms. The van der Waals surface area contributed by atoms with Crippen molar-refractivity contribution in [3.8, 4) is 0 Å². The fourth-order valence-corrected chi connectivity index (χ4v) is 3.18. The summed E-state index contributed by atoms with van der Waals surface area (Å²) in [6, 6.07) is 7.38. The maximum absolute atomic E-state index is 12.2. The van der Waals surface area contributed by atoms with Gasteiger partial charge in [-0.3, -0.25) is 9.79 Å². The van der Waals surface area contributed by atoms with Crippen molar-refractivity contribution in [1.82, 2.24) is 20.9 Å². The number of sulfone groups is 1. The maximum Gasteiger partial charge on any atom is 0.251 e. The molecule has 3 N–H and O–H groups in total. The molecule has 0 aromatic heterocycles. The zero-order valence-electron chi connectivity index (χ0n) is 17.9. The van der Waals surface area contributed by atoms with Gasteiger partial charge in [-0.15, -0.1) is 24.0 Å². The molecule has 1 aromatic rings. The topological polar surface area (TPSA) is 103 Å². The first kappa shape index (κ1) is 27.6. The fraction of sp³-hybridized carbons (Fsp3) is 0.579. The molecule has 8 nitrogen and oxygen atoms in total. The number of hydrogen-bond donors (Lipinski definition) is 3. The Kier molecular flexibility index (Phi) is 13.1. The second-order valence-corrected chi connectivity index (χ2v) is 9.41. The third kappa shape index (κ3) is 12.7. The Bertz CT molecular complexity index is 769. The number of hydrogen-bond acceptors (Lipinski definition) is 5. The summed E-state index contributed by atoms with van der Waals surface area (Å²) < 4.78 is 22.6. The lowest BCUT2D eigenvalue weighted by atomic mass is 10.1. The van der Waals surface area contributed by atoms with Gasteiger partial charge in [0.15, 0.2) is 5.96 Å². The van der Waals surface area contributed by atoms with Crippen molar-refractivity contribution in [1.29, 1.82) is 0 Å². The first-order chi connectivity index (χ1) is 13.1. The zero-order valence-corrected chi connectivity index (χ0v) is 21.0.